The van der Waals surface area contributed by atoms with Crippen LogP contribution in [-0.2, 0) is 22.6 Å². The van der Waals surface area contributed by atoms with Crippen LogP contribution in [0.3, 0.4) is 0 Å². The zero-order chi connectivity index (χ0) is 20.0. The number of benzene rings is 2. The first kappa shape index (κ1) is 18.5. The summed E-state index contributed by atoms with van der Waals surface area (Å²) in [6.45, 7) is 1.98. The van der Waals surface area contributed by atoms with Crippen LogP contribution in [0.1, 0.15) is 22.6 Å². The van der Waals surface area contributed by atoms with Crippen LogP contribution in [0.5, 0.6) is 0 Å². The van der Waals surface area contributed by atoms with Crippen molar-refractivity contribution in [2.24, 2.45) is 5.92 Å². The standard InChI is InChI=1S/C20H16F2N2O3S/c1-10-2-3-11-5-12(6-18(25)26)20(27)24(16(11)4-10)9-17-23-15-8-13(21)7-14(22)19(15)28-17/h2-4,7-8,12H,5-6,9H2,1H3,(H,25,26). The van der Waals surface area contributed by atoms with Gasteiger partial charge in [0.05, 0.1) is 29.1 Å². The molecule has 3 aromatic rings. The average molecular weight is 402 g/mol. The Hall–Kier alpha value is -2.87. The van der Waals surface area contributed by atoms with Crippen molar-refractivity contribution < 1.29 is 23.5 Å². The van der Waals surface area contributed by atoms with Gasteiger partial charge in [0.2, 0.25) is 5.91 Å². The van der Waals surface area contributed by atoms with E-state index in [1.54, 1.807) is 0 Å². The van der Waals surface area contributed by atoms with Crippen molar-refractivity contribution in [1.82, 2.24) is 4.98 Å². The molecule has 2 aromatic carbocycles. The van der Waals surface area contributed by atoms with Crippen molar-refractivity contribution in [1.29, 1.82) is 0 Å². The zero-order valence-corrected chi connectivity index (χ0v) is 15.7. The summed E-state index contributed by atoms with van der Waals surface area (Å²) < 4.78 is 27.7. The summed E-state index contributed by atoms with van der Waals surface area (Å²) in [5.41, 5.74) is 2.76. The molecule has 28 heavy (non-hydrogen) atoms. The first-order chi connectivity index (χ1) is 13.3. The summed E-state index contributed by atoms with van der Waals surface area (Å²) in [7, 11) is 0. The van der Waals surface area contributed by atoms with Gasteiger partial charge in [0.15, 0.2) is 0 Å². The Bertz CT molecular complexity index is 1110. The number of aryl methyl sites for hydroxylation is 1. The Balaban J connectivity index is 1.74. The smallest absolute Gasteiger partial charge is 0.304 e. The van der Waals surface area contributed by atoms with Crippen molar-refractivity contribution >= 4 is 39.1 Å². The second-order valence-electron chi connectivity index (χ2n) is 6.90. The Morgan fingerprint density at radius 3 is 2.86 bits per heavy atom. The summed E-state index contributed by atoms with van der Waals surface area (Å²) in [6, 6.07) is 7.64. The number of halogens is 2. The van der Waals surface area contributed by atoms with Crippen molar-refractivity contribution in [2.75, 3.05) is 4.90 Å². The van der Waals surface area contributed by atoms with Gasteiger partial charge in [-0.25, -0.2) is 13.8 Å². The number of fused-ring (bicyclic) bond motifs is 2. The van der Waals surface area contributed by atoms with Crippen molar-refractivity contribution in [3.63, 3.8) is 0 Å². The number of hydrogen-bond acceptors (Lipinski definition) is 4. The van der Waals surface area contributed by atoms with E-state index in [2.05, 4.69) is 4.98 Å². The molecule has 0 bridgehead atoms. The number of carbonyl (C=O) groups is 2. The number of nitrogens with zero attached hydrogens (tertiary/aromatic N) is 2. The number of carboxylic acids is 1. The molecule has 1 amide bonds. The summed E-state index contributed by atoms with van der Waals surface area (Å²) in [4.78, 5) is 29.9. The van der Waals surface area contributed by atoms with E-state index >= 15 is 0 Å². The normalized spacial score (nSPS) is 16.5. The number of carboxylic acid groups (broad SMARTS) is 1. The number of aromatic nitrogens is 1. The third-order valence-electron chi connectivity index (χ3n) is 4.78. The molecule has 1 aromatic heterocycles. The second-order valence-corrected chi connectivity index (χ2v) is 7.98. The van der Waals surface area contributed by atoms with E-state index in [1.165, 1.54) is 4.90 Å². The third-order valence-corrected chi connectivity index (χ3v) is 5.85. The lowest BCUT2D eigenvalue weighted by Gasteiger charge is -2.33. The highest BCUT2D eigenvalue weighted by Crippen LogP contribution is 2.35. The fraction of sp³-hybridized carbons (Fsp3) is 0.250. The average Bonchev–Trinajstić information content (AvgIpc) is 3.01. The number of thiazole rings is 1. The minimum absolute atomic E-state index is 0.0752. The van der Waals surface area contributed by atoms with Gasteiger partial charge in [-0.2, -0.15) is 0 Å². The number of hydrogen-bond donors (Lipinski definition) is 1. The molecule has 1 aliphatic rings. The quantitative estimate of drug-likeness (QED) is 0.714. The summed E-state index contributed by atoms with van der Waals surface area (Å²) >= 11 is 1.06. The summed E-state index contributed by atoms with van der Waals surface area (Å²) in [5, 5.41) is 9.60. The van der Waals surface area contributed by atoms with Gasteiger partial charge in [-0.1, -0.05) is 12.1 Å². The van der Waals surface area contributed by atoms with Crippen LogP contribution in [-0.4, -0.2) is 22.0 Å². The molecular formula is C20H16F2N2O3S. The molecule has 2 heterocycles. The van der Waals surface area contributed by atoms with Crippen LogP contribution in [0.15, 0.2) is 30.3 Å². The molecule has 0 radical (unpaired) electrons. The van der Waals surface area contributed by atoms with Crippen LogP contribution >= 0.6 is 11.3 Å². The lowest BCUT2D eigenvalue weighted by molar-refractivity contribution is -0.140. The highest BCUT2D eigenvalue weighted by atomic mass is 32.1. The number of carbonyl (C=O) groups excluding carboxylic acids is 1. The molecule has 1 atom stereocenters. The Morgan fingerprint density at radius 1 is 1.32 bits per heavy atom. The van der Waals surface area contributed by atoms with Crippen LogP contribution in [0.25, 0.3) is 10.2 Å². The monoisotopic (exact) mass is 402 g/mol. The SMILES string of the molecule is Cc1ccc2c(c1)N(Cc1nc3cc(F)cc(F)c3s1)C(=O)C(CC(=O)O)C2. The van der Waals surface area contributed by atoms with E-state index in [9.17, 15) is 18.4 Å². The Labute approximate surface area is 163 Å². The first-order valence-electron chi connectivity index (χ1n) is 8.69. The molecule has 0 spiro atoms. The predicted octanol–water partition coefficient (Wildman–Crippen LogP) is 4.06. The van der Waals surface area contributed by atoms with E-state index in [1.807, 2.05) is 25.1 Å². The Morgan fingerprint density at radius 2 is 2.11 bits per heavy atom. The number of amides is 1. The van der Waals surface area contributed by atoms with Gasteiger partial charge in [0.1, 0.15) is 16.6 Å². The largest absolute Gasteiger partial charge is 0.481 e. The van der Waals surface area contributed by atoms with Gasteiger partial charge in [-0.15, -0.1) is 11.3 Å². The van der Waals surface area contributed by atoms with Gasteiger partial charge in [0.25, 0.3) is 0 Å². The number of anilines is 1. The first-order valence-corrected chi connectivity index (χ1v) is 9.50. The van der Waals surface area contributed by atoms with E-state index in [4.69, 9.17) is 5.11 Å². The zero-order valence-electron chi connectivity index (χ0n) is 14.9. The molecule has 0 saturated carbocycles. The molecule has 144 valence electrons. The molecular weight excluding hydrogens is 386 g/mol. The minimum Gasteiger partial charge on any atom is -0.481 e. The van der Waals surface area contributed by atoms with Gasteiger partial charge in [-0.3, -0.25) is 9.59 Å². The predicted molar refractivity (Wildman–Crippen MR) is 101 cm³/mol. The van der Waals surface area contributed by atoms with Crippen molar-refractivity contribution in [2.45, 2.75) is 26.3 Å². The van der Waals surface area contributed by atoms with E-state index in [0.717, 1.165) is 34.6 Å². The molecule has 8 heteroatoms. The maximum absolute atomic E-state index is 14.0. The van der Waals surface area contributed by atoms with E-state index < -0.39 is 23.5 Å². The molecule has 1 unspecified atom stereocenters. The lowest BCUT2D eigenvalue weighted by atomic mass is 9.88. The van der Waals surface area contributed by atoms with Crippen LogP contribution in [0.4, 0.5) is 14.5 Å². The molecule has 0 saturated heterocycles. The van der Waals surface area contributed by atoms with Crippen molar-refractivity contribution in [3.05, 3.63) is 58.1 Å². The second kappa shape index (κ2) is 6.94. The molecule has 1 N–H and O–H groups in total. The lowest BCUT2D eigenvalue weighted by Crippen LogP contribution is -2.41. The van der Waals surface area contributed by atoms with Crippen LogP contribution in [0, 0.1) is 24.5 Å². The highest BCUT2D eigenvalue weighted by Gasteiger charge is 2.34. The number of rotatable bonds is 4. The Kier molecular flexibility index (Phi) is 4.58. The molecule has 0 aliphatic carbocycles. The maximum Gasteiger partial charge on any atom is 0.304 e. The van der Waals surface area contributed by atoms with Gasteiger partial charge >= 0.3 is 5.97 Å². The number of aliphatic carboxylic acids is 1. The van der Waals surface area contributed by atoms with Gasteiger partial charge < -0.3 is 10.0 Å². The van der Waals surface area contributed by atoms with E-state index in [-0.39, 0.29) is 29.1 Å². The fourth-order valence-electron chi connectivity index (χ4n) is 3.53. The molecule has 0 fully saturated rings. The third kappa shape index (κ3) is 3.35. The maximum atomic E-state index is 14.0. The van der Waals surface area contributed by atoms with E-state index in [0.29, 0.717) is 17.1 Å². The van der Waals surface area contributed by atoms with Crippen molar-refractivity contribution in [3.8, 4) is 0 Å². The molecule has 5 nitrogen and oxygen atoms in total. The topological polar surface area (TPSA) is 70.5 Å². The van der Waals surface area contributed by atoms with Gasteiger partial charge in [0, 0.05) is 17.8 Å². The fourth-order valence-corrected chi connectivity index (χ4v) is 4.47. The van der Waals surface area contributed by atoms with Crippen LogP contribution in [0.2, 0.25) is 0 Å². The minimum atomic E-state index is -1.04. The van der Waals surface area contributed by atoms with Crippen LogP contribution < -0.4 is 4.90 Å². The molecule has 4 rings (SSSR count). The van der Waals surface area contributed by atoms with Gasteiger partial charge in [-0.05, 0) is 30.5 Å². The molecule has 1 aliphatic heterocycles. The summed E-state index contributed by atoms with van der Waals surface area (Å²) in [6.07, 6.45) is 0.0965. The summed E-state index contributed by atoms with van der Waals surface area (Å²) in [5.74, 6) is -3.41. The highest BCUT2D eigenvalue weighted by molar-refractivity contribution is 7.18.